The molecule has 118 valence electrons. The summed E-state index contributed by atoms with van der Waals surface area (Å²) >= 11 is 0. The van der Waals surface area contributed by atoms with Crippen molar-refractivity contribution in [1.82, 2.24) is 15.1 Å². The normalized spacial score (nSPS) is 22.7. The van der Waals surface area contributed by atoms with Crippen molar-refractivity contribution in [3.63, 3.8) is 0 Å². The van der Waals surface area contributed by atoms with Gasteiger partial charge >= 0.3 is 0 Å². The third-order valence-corrected chi connectivity index (χ3v) is 4.78. The fourth-order valence-corrected chi connectivity index (χ4v) is 3.53. The Morgan fingerprint density at radius 1 is 1.30 bits per heavy atom. The molecule has 23 heavy (non-hydrogen) atoms. The van der Waals surface area contributed by atoms with E-state index in [-0.39, 0.29) is 11.5 Å². The number of aryl methyl sites for hydroxylation is 2. The zero-order chi connectivity index (χ0) is 15.9. The number of carbonyl (C=O) groups is 1. The van der Waals surface area contributed by atoms with Gasteiger partial charge in [-0.3, -0.25) is 4.79 Å². The zero-order valence-electron chi connectivity index (χ0n) is 13.2. The first-order valence-corrected chi connectivity index (χ1v) is 8.01. The van der Waals surface area contributed by atoms with Crippen LogP contribution in [0.1, 0.15) is 34.5 Å². The first-order valence-electron chi connectivity index (χ1n) is 8.01. The Balaban J connectivity index is 1.52. The van der Waals surface area contributed by atoms with Crippen LogP contribution in [0.4, 0.5) is 0 Å². The van der Waals surface area contributed by atoms with Gasteiger partial charge in [-0.1, -0.05) is 18.2 Å². The van der Waals surface area contributed by atoms with Gasteiger partial charge in [-0.2, -0.15) is 10.2 Å². The highest BCUT2D eigenvalue weighted by molar-refractivity contribution is 5.94. The predicted octanol–water partition coefficient (Wildman–Crippen LogP) is 2.39. The number of fused-ring (bicyclic) bond motifs is 1. The number of carbonyl (C=O) groups excluding carboxylic acids is 1. The molecule has 1 saturated heterocycles. The molecule has 1 aromatic heterocycles. The van der Waals surface area contributed by atoms with E-state index >= 15 is 0 Å². The number of hydrogen-bond donors (Lipinski definition) is 0. The van der Waals surface area contributed by atoms with E-state index < -0.39 is 0 Å². The largest absolute Gasteiger partial charge is 0.485 e. The molecule has 0 radical (unpaired) electrons. The number of hydrogen-bond acceptors (Lipinski definition) is 4. The summed E-state index contributed by atoms with van der Waals surface area (Å²) in [4.78, 5) is 14.6. The molecule has 0 bridgehead atoms. The molecule has 4 rings (SSSR count). The second-order valence-corrected chi connectivity index (χ2v) is 6.46. The molecule has 2 aliphatic heterocycles. The van der Waals surface area contributed by atoms with Crippen molar-refractivity contribution in [3.05, 3.63) is 53.3 Å². The molecule has 0 aliphatic carbocycles. The van der Waals surface area contributed by atoms with Crippen LogP contribution in [0.15, 0.2) is 36.5 Å². The fourth-order valence-electron chi connectivity index (χ4n) is 3.53. The van der Waals surface area contributed by atoms with E-state index in [1.54, 1.807) is 6.07 Å². The van der Waals surface area contributed by atoms with E-state index in [4.69, 9.17) is 4.74 Å². The van der Waals surface area contributed by atoms with Crippen molar-refractivity contribution in [2.45, 2.75) is 31.8 Å². The molecule has 1 unspecified atom stereocenters. The van der Waals surface area contributed by atoms with Crippen LogP contribution < -0.4 is 4.74 Å². The molecular weight excluding hydrogens is 290 g/mol. The predicted molar refractivity (Wildman–Crippen MR) is 85.4 cm³/mol. The monoisotopic (exact) mass is 309 g/mol. The second-order valence-electron chi connectivity index (χ2n) is 6.46. The number of para-hydroxylation sites is 1. The van der Waals surface area contributed by atoms with E-state index in [1.165, 1.54) is 11.8 Å². The van der Waals surface area contributed by atoms with Gasteiger partial charge in [-0.05, 0) is 37.5 Å². The van der Waals surface area contributed by atoms with Crippen LogP contribution in [0.25, 0.3) is 0 Å². The Labute approximate surface area is 135 Å². The van der Waals surface area contributed by atoms with Gasteiger partial charge in [0.25, 0.3) is 5.91 Å². The molecule has 2 aliphatic rings. The first-order chi connectivity index (χ1) is 11.2. The van der Waals surface area contributed by atoms with Crippen molar-refractivity contribution in [2.24, 2.45) is 0 Å². The Morgan fingerprint density at radius 3 is 3.04 bits per heavy atom. The minimum Gasteiger partial charge on any atom is -0.485 e. The van der Waals surface area contributed by atoms with Gasteiger partial charge in [0.15, 0.2) is 0 Å². The van der Waals surface area contributed by atoms with Crippen molar-refractivity contribution < 1.29 is 9.53 Å². The molecule has 5 heteroatoms. The fraction of sp³-hybridized carbons (Fsp3) is 0.389. The standard InChI is InChI=1S/C18H19N3O2/c1-13-10-15(11-19-20-13)17(22)21-9-8-18(12-21)7-6-14-4-2-3-5-16(14)23-18/h2-5,10-11H,6-9,12H2,1H3. The lowest BCUT2D eigenvalue weighted by Crippen LogP contribution is -2.43. The molecule has 2 aromatic rings. The summed E-state index contributed by atoms with van der Waals surface area (Å²) in [5.74, 6) is 0.983. The van der Waals surface area contributed by atoms with E-state index in [1.807, 2.05) is 30.0 Å². The number of benzene rings is 1. The highest BCUT2D eigenvalue weighted by atomic mass is 16.5. The van der Waals surface area contributed by atoms with Crippen LogP contribution in [0, 0.1) is 6.92 Å². The van der Waals surface area contributed by atoms with Gasteiger partial charge in [0.1, 0.15) is 11.4 Å². The van der Waals surface area contributed by atoms with Crippen molar-refractivity contribution in [3.8, 4) is 5.75 Å². The smallest absolute Gasteiger partial charge is 0.255 e. The van der Waals surface area contributed by atoms with Gasteiger partial charge in [-0.15, -0.1) is 0 Å². The number of rotatable bonds is 1. The summed E-state index contributed by atoms with van der Waals surface area (Å²) in [6.45, 7) is 3.21. The zero-order valence-corrected chi connectivity index (χ0v) is 13.2. The number of amides is 1. The maximum absolute atomic E-state index is 12.7. The Kier molecular flexibility index (Phi) is 3.29. The number of ether oxygens (including phenoxy) is 1. The lowest BCUT2D eigenvalue weighted by atomic mass is 9.90. The summed E-state index contributed by atoms with van der Waals surface area (Å²) in [6.07, 6.45) is 4.39. The molecule has 1 amide bonds. The van der Waals surface area contributed by atoms with Crippen LogP contribution in [0.2, 0.25) is 0 Å². The minimum absolute atomic E-state index is 0.0160. The second kappa shape index (κ2) is 5.33. The van der Waals surface area contributed by atoms with Gasteiger partial charge in [0.05, 0.1) is 24.0 Å². The van der Waals surface area contributed by atoms with Crippen LogP contribution in [0.3, 0.4) is 0 Å². The Bertz CT molecular complexity index is 761. The number of likely N-dealkylation sites (tertiary alicyclic amines) is 1. The lowest BCUT2D eigenvalue weighted by molar-refractivity contribution is 0.0484. The third-order valence-electron chi connectivity index (χ3n) is 4.78. The summed E-state index contributed by atoms with van der Waals surface area (Å²) in [5.41, 5.74) is 2.38. The highest BCUT2D eigenvalue weighted by Gasteiger charge is 2.44. The van der Waals surface area contributed by atoms with Gasteiger partial charge < -0.3 is 9.64 Å². The van der Waals surface area contributed by atoms with Crippen LogP contribution >= 0.6 is 0 Å². The Hall–Kier alpha value is -2.43. The summed E-state index contributed by atoms with van der Waals surface area (Å²) in [7, 11) is 0. The van der Waals surface area contributed by atoms with Crippen molar-refractivity contribution in [1.29, 1.82) is 0 Å². The average molecular weight is 309 g/mol. The van der Waals surface area contributed by atoms with E-state index in [2.05, 4.69) is 16.3 Å². The molecule has 1 fully saturated rings. The highest BCUT2D eigenvalue weighted by Crippen LogP contribution is 2.38. The number of aromatic nitrogens is 2. The molecular formula is C18H19N3O2. The van der Waals surface area contributed by atoms with Crippen LogP contribution in [-0.2, 0) is 6.42 Å². The maximum Gasteiger partial charge on any atom is 0.255 e. The lowest BCUT2D eigenvalue weighted by Gasteiger charge is -2.35. The van der Waals surface area contributed by atoms with Crippen molar-refractivity contribution in [2.75, 3.05) is 13.1 Å². The summed E-state index contributed by atoms with van der Waals surface area (Å²) < 4.78 is 6.30. The average Bonchev–Trinajstić information content (AvgIpc) is 2.97. The van der Waals surface area contributed by atoms with Gasteiger partial charge in [-0.25, -0.2) is 0 Å². The molecule has 1 aromatic carbocycles. The Morgan fingerprint density at radius 2 is 2.17 bits per heavy atom. The molecule has 0 saturated carbocycles. The van der Waals surface area contributed by atoms with Gasteiger partial charge in [0.2, 0.25) is 0 Å². The summed E-state index contributed by atoms with van der Waals surface area (Å²) in [6, 6.07) is 9.98. The molecule has 0 N–H and O–H groups in total. The molecule has 3 heterocycles. The SMILES string of the molecule is Cc1cc(C(=O)N2CCC3(CCc4ccccc4O3)C2)cnn1. The van der Waals surface area contributed by atoms with Crippen LogP contribution in [-0.4, -0.2) is 39.7 Å². The number of nitrogens with zero attached hydrogens (tertiary/aromatic N) is 3. The minimum atomic E-state index is -0.237. The van der Waals surface area contributed by atoms with E-state index in [0.29, 0.717) is 12.1 Å². The molecule has 1 atom stereocenters. The topological polar surface area (TPSA) is 55.3 Å². The summed E-state index contributed by atoms with van der Waals surface area (Å²) in [5, 5.41) is 7.79. The van der Waals surface area contributed by atoms with E-state index in [0.717, 1.165) is 37.3 Å². The van der Waals surface area contributed by atoms with Crippen molar-refractivity contribution >= 4 is 5.91 Å². The van der Waals surface area contributed by atoms with Gasteiger partial charge in [0, 0.05) is 13.0 Å². The first kappa shape index (κ1) is 14.2. The third kappa shape index (κ3) is 2.56. The maximum atomic E-state index is 12.7. The molecule has 5 nitrogen and oxygen atoms in total. The van der Waals surface area contributed by atoms with E-state index in [9.17, 15) is 4.79 Å². The quantitative estimate of drug-likeness (QED) is 0.811. The van der Waals surface area contributed by atoms with Crippen LogP contribution in [0.5, 0.6) is 5.75 Å². The molecule has 1 spiro atoms.